The summed E-state index contributed by atoms with van der Waals surface area (Å²) in [5.41, 5.74) is 6.20. The van der Waals surface area contributed by atoms with E-state index in [-0.39, 0.29) is 18.4 Å². The fourth-order valence-corrected chi connectivity index (χ4v) is 2.86. The molecule has 0 radical (unpaired) electrons. The fraction of sp³-hybridized carbons (Fsp3) is 0.538. The third-order valence-electron chi connectivity index (χ3n) is 2.83. The summed E-state index contributed by atoms with van der Waals surface area (Å²) in [5, 5.41) is 0. The summed E-state index contributed by atoms with van der Waals surface area (Å²) in [6.07, 6.45) is 1.57. The van der Waals surface area contributed by atoms with Crippen molar-refractivity contribution in [3.05, 3.63) is 24.3 Å². The van der Waals surface area contributed by atoms with Crippen molar-refractivity contribution in [3.63, 3.8) is 0 Å². The first-order valence-corrected chi connectivity index (χ1v) is 8.10. The van der Waals surface area contributed by atoms with Crippen molar-refractivity contribution >= 4 is 15.7 Å². The molecule has 1 aromatic rings. The normalized spacial score (nSPS) is 11.7. The molecule has 5 nitrogen and oxygen atoms in total. The van der Waals surface area contributed by atoms with E-state index >= 15 is 0 Å². The van der Waals surface area contributed by atoms with Crippen LogP contribution in [0.5, 0.6) is 5.75 Å². The van der Waals surface area contributed by atoms with Gasteiger partial charge in [-0.3, -0.25) is 0 Å². The quantitative estimate of drug-likeness (QED) is 0.713. The van der Waals surface area contributed by atoms with Crippen molar-refractivity contribution in [2.24, 2.45) is 0 Å². The highest BCUT2D eigenvalue weighted by atomic mass is 32.2. The highest BCUT2D eigenvalue weighted by Crippen LogP contribution is 2.13. The lowest BCUT2D eigenvalue weighted by Gasteiger charge is -2.15. The highest BCUT2D eigenvalue weighted by Gasteiger charge is 2.15. The van der Waals surface area contributed by atoms with Crippen LogP contribution in [0.1, 0.15) is 26.7 Å². The van der Waals surface area contributed by atoms with Crippen LogP contribution in [0, 0.1) is 0 Å². The number of nitrogens with one attached hydrogen (secondary N) is 1. The van der Waals surface area contributed by atoms with E-state index < -0.39 is 10.0 Å². The number of anilines is 1. The molecule has 3 N–H and O–H groups in total. The zero-order valence-electron chi connectivity index (χ0n) is 11.4. The second-order valence-electron chi connectivity index (χ2n) is 4.37. The Hall–Kier alpha value is -1.27. The fourth-order valence-electron chi connectivity index (χ4n) is 1.60. The zero-order valence-corrected chi connectivity index (χ0v) is 12.2. The molecule has 0 saturated carbocycles. The van der Waals surface area contributed by atoms with Crippen LogP contribution in [0.3, 0.4) is 0 Å². The Morgan fingerprint density at radius 3 is 2.32 bits per heavy atom. The molecule has 0 atom stereocenters. The van der Waals surface area contributed by atoms with Gasteiger partial charge in [0.2, 0.25) is 10.0 Å². The molecule has 0 spiro atoms. The molecule has 0 aliphatic heterocycles. The van der Waals surface area contributed by atoms with Crippen LogP contribution in [0.4, 0.5) is 5.69 Å². The Balaban J connectivity index is 2.41. The first-order valence-electron chi connectivity index (χ1n) is 6.45. The van der Waals surface area contributed by atoms with E-state index in [9.17, 15) is 8.42 Å². The molecule has 0 aliphatic carbocycles. The van der Waals surface area contributed by atoms with Crippen LogP contribution in [-0.4, -0.2) is 26.8 Å². The van der Waals surface area contributed by atoms with E-state index in [1.807, 2.05) is 13.8 Å². The lowest BCUT2D eigenvalue weighted by Crippen LogP contribution is -2.36. The number of sulfonamides is 1. The van der Waals surface area contributed by atoms with Gasteiger partial charge in [0.05, 0.1) is 5.75 Å². The number of benzene rings is 1. The Bertz CT molecular complexity index is 467. The Morgan fingerprint density at radius 2 is 1.79 bits per heavy atom. The maximum atomic E-state index is 11.8. The van der Waals surface area contributed by atoms with Gasteiger partial charge in [0, 0.05) is 11.7 Å². The number of nitrogens with two attached hydrogens (primary N) is 1. The molecule has 1 rings (SSSR count). The van der Waals surface area contributed by atoms with Crippen molar-refractivity contribution in [2.75, 3.05) is 18.1 Å². The lowest BCUT2D eigenvalue weighted by atomic mass is 10.2. The monoisotopic (exact) mass is 286 g/mol. The Morgan fingerprint density at radius 1 is 1.21 bits per heavy atom. The van der Waals surface area contributed by atoms with Crippen LogP contribution in [0.15, 0.2) is 24.3 Å². The van der Waals surface area contributed by atoms with E-state index in [1.165, 1.54) is 0 Å². The molecular weight excluding hydrogens is 264 g/mol. The number of nitrogen functional groups attached to an aromatic ring is 1. The van der Waals surface area contributed by atoms with Gasteiger partial charge in [0.1, 0.15) is 12.4 Å². The van der Waals surface area contributed by atoms with Gasteiger partial charge in [-0.15, -0.1) is 0 Å². The standard InChI is InChI=1S/C13H22N2O3S/c1-3-12(4-2)15-19(16,17)10-9-18-13-7-5-11(14)6-8-13/h5-8,12,15H,3-4,9-10,14H2,1-2H3. The van der Waals surface area contributed by atoms with Crippen molar-refractivity contribution in [3.8, 4) is 5.75 Å². The molecule has 6 heteroatoms. The van der Waals surface area contributed by atoms with E-state index in [1.54, 1.807) is 24.3 Å². The molecule has 0 amide bonds. The van der Waals surface area contributed by atoms with E-state index in [0.717, 1.165) is 12.8 Å². The summed E-state index contributed by atoms with van der Waals surface area (Å²) in [6.45, 7) is 4.04. The summed E-state index contributed by atoms with van der Waals surface area (Å²) in [6, 6.07) is 6.87. The molecule has 0 fully saturated rings. The number of hydrogen-bond donors (Lipinski definition) is 2. The molecule has 0 heterocycles. The third kappa shape index (κ3) is 5.94. The molecule has 1 aromatic carbocycles. The van der Waals surface area contributed by atoms with E-state index in [2.05, 4.69) is 4.72 Å². The molecule has 0 aliphatic rings. The van der Waals surface area contributed by atoms with Crippen LogP contribution < -0.4 is 15.2 Å². The van der Waals surface area contributed by atoms with Gasteiger partial charge >= 0.3 is 0 Å². The summed E-state index contributed by atoms with van der Waals surface area (Å²) >= 11 is 0. The second kappa shape index (κ2) is 7.35. The molecular formula is C13H22N2O3S. The average Bonchev–Trinajstić information content (AvgIpc) is 2.38. The van der Waals surface area contributed by atoms with Crippen LogP contribution in [0.25, 0.3) is 0 Å². The summed E-state index contributed by atoms with van der Waals surface area (Å²) in [5.74, 6) is 0.570. The number of hydrogen-bond acceptors (Lipinski definition) is 4. The van der Waals surface area contributed by atoms with Crippen molar-refractivity contribution < 1.29 is 13.2 Å². The predicted molar refractivity (Wildman–Crippen MR) is 77.6 cm³/mol. The summed E-state index contributed by atoms with van der Waals surface area (Å²) in [4.78, 5) is 0. The molecule has 108 valence electrons. The Labute approximate surface area is 115 Å². The van der Waals surface area contributed by atoms with Gasteiger partial charge < -0.3 is 10.5 Å². The Kier molecular flexibility index (Phi) is 6.11. The average molecular weight is 286 g/mol. The molecule has 0 aromatic heterocycles. The maximum absolute atomic E-state index is 11.8. The zero-order chi connectivity index (χ0) is 14.3. The molecule has 0 saturated heterocycles. The van der Waals surface area contributed by atoms with Gasteiger partial charge in [-0.2, -0.15) is 0 Å². The smallest absolute Gasteiger partial charge is 0.215 e. The largest absolute Gasteiger partial charge is 0.492 e. The minimum absolute atomic E-state index is 0.00141. The van der Waals surface area contributed by atoms with Crippen LogP contribution in [0.2, 0.25) is 0 Å². The number of ether oxygens (including phenoxy) is 1. The third-order valence-corrected chi connectivity index (χ3v) is 4.23. The van der Waals surface area contributed by atoms with Crippen molar-refractivity contribution in [1.29, 1.82) is 0 Å². The predicted octanol–water partition coefficient (Wildman–Crippen LogP) is 1.76. The van der Waals surface area contributed by atoms with Gasteiger partial charge in [-0.1, -0.05) is 13.8 Å². The SMILES string of the molecule is CCC(CC)NS(=O)(=O)CCOc1ccc(N)cc1. The van der Waals surface area contributed by atoms with E-state index in [4.69, 9.17) is 10.5 Å². The van der Waals surface area contributed by atoms with Crippen LogP contribution in [-0.2, 0) is 10.0 Å². The van der Waals surface area contributed by atoms with Gasteiger partial charge in [-0.05, 0) is 37.1 Å². The topological polar surface area (TPSA) is 81.4 Å². The molecule has 19 heavy (non-hydrogen) atoms. The van der Waals surface area contributed by atoms with Gasteiger partial charge in [0.15, 0.2) is 0 Å². The minimum Gasteiger partial charge on any atom is -0.492 e. The van der Waals surface area contributed by atoms with Crippen molar-refractivity contribution in [2.45, 2.75) is 32.7 Å². The molecule has 0 bridgehead atoms. The second-order valence-corrected chi connectivity index (χ2v) is 6.24. The van der Waals surface area contributed by atoms with Gasteiger partial charge in [-0.25, -0.2) is 13.1 Å². The first-order chi connectivity index (χ1) is 8.96. The summed E-state index contributed by atoms with van der Waals surface area (Å²) < 4.78 is 31.6. The minimum atomic E-state index is -3.28. The van der Waals surface area contributed by atoms with Crippen molar-refractivity contribution in [1.82, 2.24) is 4.72 Å². The summed E-state index contributed by atoms with van der Waals surface area (Å²) in [7, 11) is -3.28. The first kappa shape index (κ1) is 15.8. The number of rotatable bonds is 8. The molecule has 0 unspecified atom stereocenters. The van der Waals surface area contributed by atoms with E-state index in [0.29, 0.717) is 11.4 Å². The lowest BCUT2D eigenvalue weighted by molar-refractivity contribution is 0.340. The highest BCUT2D eigenvalue weighted by molar-refractivity contribution is 7.89. The van der Waals surface area contributed by atoms with Gasteiger partial charge in [0.25, 0.3) is 0 Å². The van der Waals surface area contributed by atoms with Crippen LogP contribution >= 0.6 is 0 Å². The maximum Gasteiger partial charge on any atom is 0.215 e.